The summed E-state index contributed by atoms with van der Waals surface area (Å²) < 4.78 is 7.38. The zero-order valence-corrected chi connectivity index (χ0v) is 11.9. The Morgan fingerprint density at radius 1 is 1.50 bits per heavy atom. The first-order valence-corrected chi connectivity index (χ1v) is 7.43. The van der Waals surface area contributed by atoms with E-state index >= 15 is 0 Å². The lowest BCUT2D eigenvalue weighted by atomic mass is 10.2. The number of rotatable bonds is 5. The molecule has 20 heavy (non-hydrogen) atoms. The second kappa shape index (κ2) is 5.93. The van der Waals surface area contributed by atoms with Crippen LogP contribution in [0.5, 0.6) is 0 Å². The third-order valence-electron chi connectivity index (χ3n) is 3.92. The highest BCUT2D eigenvalue weighted by atomic mass is 16.5. The average Bonchev–Trinajstić information content (AvgIpc) is 3.30. The summed E-state index contributed by atoms with van der Waals surface area (Å²) in [5.41, 5.74) is 0.0402. The van der Waals surface area contributed by atoms with Gasteiger partial charge in [0.1, 0.15) is 0 Å². The van der Waals surface area contributed by atoms with Crippen molar-refractivity contribution < 1.29 is 4.74 Å². The molecule has 0 aromatic carbocycles. The second-order valence-corrected chi connectivity index (χ2v) is 5.42. The number of anilines is 1. The fourth-order valence-electron chi connectivity index (χ4n) is 2.67. The summed E-state index contributed by atoms with van der Waals surface area (Å²) in [6, 6.07) is 0.566. The first-order valence-electron chi connectivity index (χ1n) is 7.43. The smallest absolute Gasteiger partial charge is 0.293 e. The Bertz CT molecular complexity index is 512. The molecule has 1 aliphatic carbocycles. The summed E-state index contributed by atoms with van der Waals surface area (Å²) >= 11 is 0. The molecule has 6 heteroatoms. The minimum absolute atomic E-state index is 0.0402. The molecule has 6 nitrogen and oxygen atoms in total. The summed E-state index contributed by atoms with van der Waals surface area (Å²) in [5.74, 6) is 0.575. The van der Waals surface area contributed by atoms with Crippen molar-refractivity contribution in [3.63, 3.8) is 0 Å². The number of ether oxygens (including phenoxy) is 1. The van der Waals surface area contributed by atoms with Gasteiger partial charge in [-0.3, -0.25) is 4.79 Å². The Kier molecular flexibility index (Phi) is 4.03. The van der Waals surface area contributed by atoms with Crippen LogP contribution in [-0.2, 0) is 4.74 Å². The molecule has 2 heterocycles. The molecule has 1 saturated heterocycles. The van der Waals surface area contributed by atoms with Crippen LogP contribution < -0.4 is 15.8 Å². The van der Waals surface area contributed by atoms with Gasteiger partial charge in [-0.05, 0) is 19.4 Å². The van der Waals surface area contributed by atoms with Crippen LogP contribution in [0, 0.1) is 0 Å². The Morgan fingerprint density at radius 2 is 2.35 bits per heavy atom. The van der Waals surface area contributed by atoms with E-state index in [9.17, 15) is 4.79 Å². The van der Waals surface area contributed by atoms with Gasteiger partial charge in [-0.15, -0.1) is 0 Å². The van der Waals surface area contributed by atoms with Crippen molar-refractivity contribution in [2.75, 3.05) is 37.7 Å². The molecule has 0 radical (unpaired) electrons. The number of nitrogens with zero attached hydrogens (tertiary/aromatic N) is 3. The number of morpholine rings is 1. The van der Waals surface area contributed by atoms with Crippen LogP contribution in [0.2, 0.25) is 0 Å². The van der Waals surface area contributed by atoms with Crippen molar-refractivity contribution in [1.29, 1.82) is 0 Å². The highest BCUT2D eigenvalue weighted by Crippen LogP contribution is 2.33. The number of aromatic nitrogens is 2. The van der Waals surface area contributed by atoms with E-state index in [1.54, 1.807) is 6.20 Å². The van der Waals surface area contributed by atoms with Crippen LogP contribution in [0.4, 0.5) is 5.82 Å². The van der Waals surface area contributed by atoms with E-state index in [0.29, 0.717) is 25.1 Å². The highest BCUT2D eigenvalue weighted by molar-refractivity contribution is 5.38. The minimum Gasteiger partial charge on any atom is -0.377 e. The fourth-order valence-corrected chi connectivity index (χ4v) is 2.67. The molecule has 1 aromatic rings. The Morgan fingerprint density at radius 3 is 3.10 bits per heavy atom. The SMILES string of the molecule is CCNCC1COCCN1c1nccn(C2CC2)c1=O. The van der Waals surface area contributed by atoms with Crippen LogP contribution >= 0.6 is 0 Å². The average molecular weight is 278 g/mol. The zero-order chi connectivity index (χ0) is 13.9. The molecule has 110 valence electrons. The van der Waals surface area contributed by atoms with Gasteiger partial charge in [-0.1, -0.05) is 6.92 Å². The molecule has 1 saturated carbocycles. The maximum atomic E-state index is 12.6. The standard InChI is InChI=1S/C14H22N4O2/c1-2-15-9-12-10-20-8-7-17(12)13-14(19)18(6-5-16-13)11-3-4-11/h5-6,11-12,15H,2-4,7-10H2,1H3. The largest absolute Gasteiger partial charge is 0.377 e. The molecule has 1 aliphatic heterocycles. The van der Waals surface area contributed by atoms with E-state index in [-0.39, 0.29) is 11.6 Å². The summed E-state index contributed by atoms with van der Waals surface area (Å²) in [5, 5.41) is 3.33. The molecule has 3 rings (SSSR count). The molecule has 1 unspecified atom stereocenters. The van der Waals surface area contributed by atoms with Crippen molar-refractivity contribution in [1.82, 2.24) is 14.9 Å². The van der Waals surface area contributed by atoms with Gasteiger partial charge in [0.2, 0.25) is 0 Å². The Balaban J connectivity index is 1.85. The van der Waals surface area contributed by atoms with Crippen LogP contribution in [0.1, 0.15) is 25.8 Å². The van der Waals surface area contributed by atoms with Crippen LogP contribution in [0.15, 0.2) is 17.2 Å². The molecule has 0 spiro atoms. The summed E-state index contributed by atoms with van der Waals surface area (Å²) in [6.07, 6.45) is 5.76. The normalized spacial score (nSPS) is 23.1. The highest BCUT2D eigenvalue weighted by Gasteiger charge is 2.29. The van der Waals surface area contributed by atoms with Crippen molar-refractivity contribution in [3.8, 4) is 0 Å². The maximum absolute atomic E-state index is 12.6. The predicted octanol–water partition coefficient (Wildman–Crippen LogP) is 0.393. The molecule has 0 amide bonds. The topological polar surface area (TPSA) is 59.4 Å². The maximum Gasteiger partial charge on any atom is 0.293 e. The van der Waals surface area contributed by atoms with Gasteiger partial charge in [-0.25, -0.2) is 4.98 Å². The van der Waals surface area contributed by atoms with E-state index in [2.05, 4.69) is 22.1 Å². The van der Waals surface area contributed by atoms with Gasteiger partial charge in [-0.2, -0.15) is 0 Å². The molecule has 1 aromatic heterocycles. The monoisotopic (exact) mass is 278 g/mol. The van der Waals surface area contributed by atoms with Crippen LogP contribution in [0.3, 0.4) is 0 Å². The number of likely N-dealkylation sites (N-methyl/N-ethyl adjacent to an activating group) is 1. The molecule has 1 atom stereocenters. The first kappa shape index (κ1) is 13.6. The summed E-state index contributed by atoms with van der Waals surface area (Å²) in [4.78, 5) is 19.0. The van der Waals surface area contributed by atoms with Gasteiger partial charge >= 0.3 is 0 Å². The molecule has 1 N–H and O–H groups in total. The van der Waals surface area contributed by atoms with E-state index < -0.39 is 0 Å². The van der Waals surface area contributed by atoms with Crippen molar-refractivity contribution in [2.24, 2.45) is 0 Å². The van der Waals surface area contributed by atoms with E-state index in [1.165, 1.54) is 0 Å². The van der Waals surface area contributed by atoms with E-state index in [0.717, 1.165) is 32.5 Å². The number of hydrogen-bond acceptors (Lipinski definition) is 5. The third kappa shape index (κ3) is 2.71. The van der Waals surface area contributed by atoms with Gasteiger partial charge in [0, 0.05) is 31.5 Å². The van der Waals surface area contributed by atoms with Crippen molar-refractivity contribution in [2.45, 2.75) is 31.8 Å². The number of nitrogens with one attached hydrogen (secondary N) is 1. The van der Waals surface area contributed by atoms with Gasteiger partial charge < -0.3 is 19.5 Å². The van der Waals surface area contributed by atoms with Crippen molar-refractivity contribution >= 4 is 5.82 Å². The van der Waals surface area contributed by atoms with Crippen molar-refractivity contribution in [3.05, 3.63) is 22.7 Å². The number of hydrogen-bond donors (Lipinski definition) is 1. The zero-order valence-electron chi connectivity index (χ0n) is 11.9. The Labute approximate surface area is 118 Å². The summed E-state index contributed by atoms with van der Waals surface area (Å²) in [7, 11) is 0. The molecule has 0 bridgehead atoms. The lowest BCUT2D eigenvalue weighted by molar-refractivity contribution is 0.0933. The van der Waals surface area contributed by atoms with E-state index in [4.69, 9.17) is 4.74 Å². The molecule has 2 aliphatic rings. The van der Waals surface area contributed by atoms with E-state index in [1.807, 2.05) is 10.8 Å². The fraction of sp³-hybridized carbons (Fsp3) is 0.714. The predicted molar refractivity (Wildman–Crippen MR) is 77.3 cm³/mol. The third-order valence-corrected chi connectivity index (χ3v) is 3.92. The molecule has 2 fully saturated rings. The second-order valence-electron chi connectivity index (χ2n) is 5.42. The summed E-state index contributed by atoms with van der Waals surface area (Å²) in [6.45, 7) is 5.84. The van der Waals surface area contributed by atoms with Gasteiger partial charge in [0.25, 0.3) is 5.56 Å². The lowest BCUT2D eigenvalue weighted by Crippen LogP contribution is -2.52. The lowest BCUT2D eigenvalue weighted by Gasteiger charge is -2.36. The van der Waals surface area contributed by atoms with Gasteiger partial charge in [0.15, 0.2) is 5.82 Å². The molecular formula is C14H22N4O2. The quantitative estimate of drug-likeness (QED) is 0.844. The first-order chi connectivity index (χ1) is 9.81. The Hall–Kier alpha value is -1.40. The van der Waals surface area contributed by atoms with Crippen LogP contribution in [-0.4, -0.2) is 48.4 Å². The van der Waals surface area contributed by atoms with Crippen LogP contribution in [0.25, 0.3) is 0 Å². The van der Waals surface area contributed by atoms with Gasteiger partial charge in [0.05, 0.1) is 19.3 Å². The molecular weight excluding hydrogens is 256 g/mol. The minimum atomic E-state index is 0.0402.